The largest absolute Gasteiger partial charge is 0.496 e. The number of H-pyrrole nitrogens is 1. The molecule has 9 nitrogen and oxygen atoms in total. The summed E-state index contributed by atoms with van der Waals surface area (Å²) in [4.78, 5) is 19.7. The summed E-state index contributed by atoms with van der Waals surface area (Å²) in [5.41, 5.74) is 4.30. The lowest BCUT2D eigenvalue weighted by molar-refractivity contribution is 0.0690. The number of nitrogens with one attached hydrogen (secondary N) is 2. The number of carboxylic acids is 1. The Balaban J connectivity index is 1.29. The van der Waals surface area contributed by atoms with Crippen molar-refractivity contribution in [2.24, 2.45) is 0 Å². The molecule has 0 saturated carbocycles. The Morgan fingerprint density at radius 2 is 1.86 bits per heavy atom. The highest BCUT2D eigenvalue weighted by molar-refractivity contribution is 5.88. The van der Waals surface area contributed by atoms with Crippen molar-refractivity contribution in [1.82, 2.24) is 24.7 Å². The number of carboxylic acid groups (broad SMARTS) is 1. The zero-order valence-corrected chi connectivity index (χ0v) is 19.6. The maximum Gasteiger partial charge on any atom is 0.353 e. The SMILES string of the molecule is COc1cccc2c1c(F)c(C)n2CCNc1cc(-c2ccc(-c3cc(C(=O)O)[nH]n3)cc2)ncn1. The lowest BCUT2D eigenvalue weighted by atomic mass is 10.1. The third kappa shape index (κ3) is 4.24. The first-order valence-electron chi connectivity index (χ1n) is 11.2. The maximum absolute atomic E-state index is 14.9. The number of methoxy groups -OCH3 is 1. The van der Waals surface area contributed by atoms with Crippen LogP contribution in [0.5, 0.6) is 5.75 Å². The molecular formula is C26H23FN6O3. The molecule has 3 N–H and O–H groups in total. The fourth-order valence-electron chi connectivity index (χ4n) is 4.20. The third-order valence-electron chi connectivity index (χ3n) is 6.05. The molecule has 0 fully saturated rings. The molecular weight excluding hydrogens is 463 g/mol. The highest BCUT2D eigenvalue weighted by Crippen LogP contribution is 2.32. The Bertz CT molecular complexity index is 1560. The van der Waals surface area contributed by atoms with E-state index >= 15 is 0 Å². The zero-order chi connectivity index (χ0) is 25.2. The Morgan fingerprint density at radius 1 is 1.11 bits per heavy atom. The molecule has 3 aromatic heterocycles. The number of aromatic amines is 1. The summed E-state index contributed by atoms with van der Waals surface area (Å²) in [6.45, 7) is 2.82. The molecule has 0 radical (unpaired) electrons. The molecule has 0 atom stereocenters. The highest BCUT2D eigenvalue weighted by Gasteiger charge is 2.17. The number of rotatable bonds is 8. The van der Waals surface area contributed by atoms with Gasteiger partial charge in [-0.25, -0.2) is 19.2 Å². The Kier molecular flexibility index (Phi) is 6.07. The van der Waals surface area contributed by atoms with Gasteiger partial charge in [-0.15, -0.1) is 0 Å². The van der Waals surface area contributed by atoms with Crippen LogP contribution >= 0.6 is 0 Å². The van der Waals surface area contributed by atoms with Crippen molar-refractivity contribution in [2.75, 3.05) is 19.0 Å². The molecule has 5 rings (SSSR count). The topological polar surface area (TPSA) is 118 Å². The standard InChI is InChI=1S/C26H23FN6O3/c1-15-25(27)24-21(4-3-5-22(24)36-2)33(15)11-10-28-23-13-18(29-14-30-23)16-6-8-17(9-7-16)19-12-20(26(34)35)32-31-19/h3-9,12-14H,10-11H2,1-2H3,(H,31,32)(H,34,35)(H,28,29,30). The molecule has 182 valence electrons. The quantitative estimate of drug-likeness (QED) is 0.290. The summed E-state index contributed by atoms with van der Waals surface area (Å²) in [7, 11) is 1.54. The second kappa shape index (κ2) is 9.49. The van der Waals surface area contributed by atoms with Crippen LogP contribution in [0.1, 0.15) is 16.2 Å². The molecule has 0 bridgehead atoms. The number of benzene rings is 2. The summed E-state index contributed by atoms with van der Waals surface area (Å²) in [6.07, 6.45) is 1.49. The number of nitrogens with zero attached hydrogens (tertiary/aromatic N) is 4. The van der Waals surface area contributed by atoms with E-state index in [2.05, 4.69) is 25.5 Å². The van der Waals surface area contributed by atoms with Gasteiger partial charge in [0.25, 0.3) is 0 Å². The smallest absolute Gasteiger partial charge is 0.353 e. The predicted molar refractivity (Wildman–Crippen MR) is 134 cm³/mol. The van der Waals surface area contributed by atoms with Gasteiger partial charge in [0.2, 0.25) is 0 Å². The summed E-state index contributed by atoms with van der Waals surface area (Å²) in [5.74, 6) is -0.170. The van der Waals surface area contributed by atoms with E-state index in [4.69, 9.17) is 9.84 Å². The van der Waals surface area contributed by atoms with E-state index in [-0.39, 0.29) is 11.5 Å². The van der Waals surface area contributed by atoms with Gasteiger partial charge in [-0.3, -0.25) is 5.10 Å². The second-order valence-electron chi connectivity index (χ2n) is 8.17. The first kappa shape index (κ1) is 23.0. The van der Waals surface area contributed by atoms with Gasteiger partial charge in [-0.05, 0) is 25.1 Å². The van der Waals surface area contributed by atoms with Gasteiger partial charge in [0.05, 0.1) is 35.1 Å². The lowest BCUT2D eigenvalue weighted by Gasteiger charge is -2.11. The molecule has 0 spiro atoms. The molecule has 5 aromatic rings. The molecule has 3 heterocycles. The van der Waals surface area contributed by atoms with Gasteiger partial charge in [0.15, 0.2) is 5.82 Å². The van der Waals surface area contributed by atoms with Gasteiger partial charge in [-0.2, -0.15) is 5.10 Å². The van der Waals surface area contributed by atoms with Crippen LogP contribution in [0.25, 0.3) is 33.4 Å². The summed E-state index contributed by atoms with van der Waals surface area (Å²) < 4.78 is 22.1. The first-order valence-corrected chi connectivity index (χ1v) is 11.2. The first-order chi connectivity index (χ1) is 17.5. The summed E-state index contributed by atoms with van der Waals surface area (Å²) in [6, 6.07) is 16.3. The van der Waals surface area contributed by atoms with Crippen LogP contribution in [0.4, 0.5) is 10.2 Å². The van der Waals surface area contributed by atoms with Crippen LogP contribution in [0.15, 0.2) is 60.9 Å². The fraction of sp³-hybridized carbons (Fsp3) is 0.154. The van der Waals surface area contributed by atoms with E-state index in [1.54, 1.807) is 13.0 Å². The Hall–Kier alpha value is -4.73. The van der Waals surface area contributed by atoms with Crippen LogP contribution in [0.2, 0.25) is 0 Å². The number of carbonyl (C=O) groups is 1. The minimum absolute atomic E-state index is 0.0329. The van der Waals surface area contributed by atoms with E-state index in [0.717, 1.165) is 22.3 Å². The van der Waals surface area contributed by atoms with Crippen LogP contribution < -0.4 is 10.1 Å². The van der Waals surface area contributed by atoms with Gasteiger partial charge in [0.1, 0.15) is 23.6 Å². The van der Waals surface area contributed by atoms with Crippen molar-refractivity contribution >= 4 is 22.7 Å². The van der Waals surface area contributed by atoms with E-state index in [1.165, 1.54) is 19.5 Å². The van der Waals surface area contributed by atoms with Crippen molar-refractivity contribution < 1.29 is 19.0 Å². The summed E-state index contributed by atoms with van der Waals surface area (Å²) in [5, 5.41) is 19.4. The van der Waals surface area contributed by atoms with Crippen LogP contribution in [-0.4, -0.2) is 49.5 Å². The molecule has 0 aliphatic carbocycles. The molecule has 36 heavy (non-hydrogen) atoms. The van der Waals surface area contributed by atoms with Gasteiger partial charge < -0.3 is 19.7 Å². The Morgan fingerprint density at radius 3 is 2.56 bits per heavy atom. The minimum Gasteiger partial charge on any atom is -0.496 e. The lowest BCUT2D eigenvalue weighted by Crippen LogP contribution is -2.12. The average molecular weight is 487 g/mol. The highest BCUT2D eigenvalue weighted by atomic mass is 19.1. The van der Waals surface area contributed by atoms with Crippen LogP contribution in [-0.2, 0) is 6.54 Å². The van der Waals surface area contributed by atoms with Crippen molar-refractivity contribution in [2.45, 2.75) is 13.5 Å². The molecule has 0 unspecified atom stereocenters. The molecule has 0 saturated heterocycles. The summed E-state index contributed by atoms with van der Waals surface area (Å²) >= 11 is 0. The van der Waals surface area contributed by atoms with Gasteiger partial charge in [-0.1, -0.05) is 30.3 Å². The maximum atomic E-state index is 14.9. The second-order valence-corrected chi connectivity index (χ2v) is 8.17. The average Bonchev–Trinajstić information content (AvgIpc) is 3.49. The van der Waals surface area contributed by atoms with E-state index in [1.807, 2.05) is 47.0 Å². The van der Waals surface area contributed by atoms with E-state index < -0.39 is 5.97 Å². The monoisotopic (exact) mass is 486 g/mol. The molecule has 0 amide bonds. The van der Waals surface area contributed by atoms with Gasteiger partial charge >= 0.3 is 5.97 Å². The number of aromatic nitrogens is 5. The van der Waals surface area contributed by atoms with Crippen molar-refractivity contribution in [1.29, 1.82) is 0 Å². The molecule has 10 heteroatoms. The van der Waals surface area contributed by atoms with Crippen molar-refractivity contribution in [3.05, 3.63) is 78.1 Å². The molecule has 0 aliphatic heterocycles. The van der Waals surface area contributed by atoms with Crippen molar-refractivity contribution in [3.63, 3.8) is 0 Å². The Labute approximate surface area is 205 Å². The van der Waals surface area contributed by atoms with E-state index in [0.29, 0.717) is 41.4 Å². The number of ether oxygens (including phenoxy) is 1. The number of hydrogen-bond acceptors (Lipinski definition) is 6. The molecule has 2 aromatic carbocycles. The van der Waals surface area contributed by atoms with Crippen LogP contribution in [0, 0.1) is 12.7 Å². The van der Waals surface area contributed by atoms with Crippen LogP contribution in [0.3, 0.4) is 0 Å². The zero-order valence-electron chi connectivity index (χ0n) is 19.6. The van der Waals surface area contributed by atoms with Crippen molar-refractivity contribution in [3.8, 4) is 28.3 Å². The van der Waals surface area contributed by atoms with E-state index in [9.17, 15) is 9.18 Å². The third-order valence-corrected chi connectivity index (χ3v) is 6.05. The van der Waals surface area contributed by atoms with Gasteiger partial charge in [0, 0.05) is 30.3 Å². The number of anilines is 1. The molecule has 0 aliphatic rings. The number of aromatic carboxylic acids is 1. The fourth-order valence-corrected chi connectivity index (χ4v) is 4.20. The minimum atomic E-state index is -1.06. The predicted octanol–water partition coefficient (Wildman–Crippen LogP) is 4.75. The normalized spacial score (nSPS) is 11.1. The number of halogens is 1. The number of hydrogen-bond donors (Lipinski definition) is 3. The number of fused-ring (bicyclic) bond motifs is 1.